The highest BCUT2D eigenvalue weighted by atomic mass is 16.4. The van der Waals surface area contributed by atoms with Gasteiger partial charge >= 0.3 is 5.97 Å². The van der Waals surface area contributed by atoms with Gasteiger partial charge in [0.05, 0.1) is 11.8 Å². The van der Waals surface area contributed by atoms with E-state index in [0.29, 0.717) is 6.54 Å². The Hall–Kier alpha value is -2.10. The van der Waals surface area contributed by atoms with Crippen LogP contribution in [0.4, 0.5) is 0 Å². The molecule has 1 fully saturated rings. The lowest BCUT2D eigenvalue weighted by Gasteiger charge is -2.43. The summed E-state index contributed by atoms with van der Waals surface area (Å²) in [6.45, 7) is 9.27. The molecule has 4 heteroatoms. The van der Waals surface area contributed by atoms with Crippen LogP contribution in [-0.4, -0.2) is 27.4 Å². The van der Waals surface area contributed by atoms with Crippen molar-refractivity contribution in [1.29, 1.82) is 0 Å². The van der Waals surface area contributed by atoms with E-state index < -0.39 is 17.8 Å². The van der Waals surface area contributed by atoms with Gasteiger partial charge in [-0.25, -0.2) is 0 Å². The van der Waals surface area contributed by atoms with Crippen molar-refractivity contribution in [2.24, 2.45) is 23.7 Å². The van der Waals surface area contributed by atoms with Gasteiger partial charge in [-0.2, -0.15) is 0 Å². The zero-order chi connectivity index (χ0) is 19.6. The number of hydrogen-bond acceptors (Lipinski definition) is 2. The number of allylic oxidation sites excluding steroid dienone is 2. The number of benzene rings is 1. The van der Waals surface area contributed by atoms with Crippen LogP contribution in [0, 0.1) is 23.7 Å². The van der Waals surface area contributed by atoms with Crippen molar-refractivity contribution >= 4 is 11.9 Å². The minimum Gasteiger partial charge on any atom is -0.481 e. The summed E-state index contributed by atoms with van der Waals surface area (Å²) in [6.07, 6.45) is 5.70. The molecule has 0 spiro atoms. The highest BCUT2D eigenvalue weighted by Crippen LogP contribution is 2.50. The largest absolute Gasteiger partial charge is 0.481 e. The summed E-state index contributed by atoms with van der Waals surface area (Å²) in [7, 11) is 0. The topological polar surface area (TPSA) is 57.6 Å². The molecule has 1 aromatic rings. The normalized spacial score (nSPS) is 32.8. The predicted molar refractivity (Wildman–Crippen MR) is 104 cm³/mol. The third-order valence-corrected chi connectivity index (χ3v) is 6.98. The number of amides is 1. The molecule has 4 atom stereocenters. The first-order chi connectivity index (χ1) is 12.6. The SMILES string of the molecule is CC1(C)CC(C)(C)N(C(=O)[C@@H]2[C@H](C(=O)O)[C@H]3C=C[C@H]2C3)Cc2ccccc21. The highest BCUT2D eigenvalue weighted by Gasteiger charge is 2.54. The Labute approximate surface area is 161 Å². The Balaban J connectivity index is 1.73. The Kier molecular flexibility index (Phi) is 4.03. The molecule has 1 aromatic carbocycles. The quantitative estimate of drug-likeness (QED) is 0.804. The predicted octanol–water partition coefficient (Wildman–Crippen LogP) is 4.00. The lowest BCUT2D eigenvalue weighted by atomic mass is 9.74. The van der Waals surface area contributed by atoms with Crippen LogP contribution < -0.4 is 0 Å². The van der Waals surface area contributed by atoms with Gasteiger partial charge in [-0.1, -0.05) is 50.3 Å². The van der Waals surface area contributed by atoms with Crippen LogP contribution in [0.5, 0.6) is 0 Å². The molecule has 1 N–H and O–H groups in total. The van der Waals surface area contributed by atoms with Crippen LogP contribution in [0.25, 0.3) is 0 Å². The Bertz CT molecular complexity index is 823. The van der Waals surface area contributed by atoms with Crippen molar-refractivity contribution in [1.82, 2.24) is 4.90 Å². The maximum Gasteiger partial charge on any atom is 0.307 e. The summed E-state index contributed by atoms with van der Waals surface area (Å²) < 4.78 is 0. The molecule has 144 valence electrons. The van der Waals surface area contributed by atoms with Crippen LogP contribution in [0.1, 0.15) is 51.7 Å². The van der Waals surface area contributed by atoms with Gasteiger partial charge in [-0.15, -0.1) is 0 Å². The second kappa shape index (κ2) is 5.95. The third-order valence-electron chi connectivity index (χ3n) is 6.98. The molecule has 0 unspecified atom stereocenters. The molecule has 1 saturated carbocycles. The third kappa shape index (κ3) is 2.81. The van der Waals surface area contributed by atoms with E-state index in [-0.39, 0.29) is 28.7 Å². The molecule has 2 aliphatic carbocycles. The summed E-state index contributed by atoms with van der Waals surface area (Å²) in [5, 5.41) is 9.77. The van der Waals surface area contributed by atoms with E-state index in [9.17, 15) is 14.7 Å². The monoisotopic (exact) mass is 367 g/mol. The Morgan fingerprint density at radius 3 is 2.33 bits per heavy atom. The summed E-state index contributed by atoms with van der Waals surface area (Å²) in [4.78, 5) is 27.6. The second-order valence-corrected chi connectivity index (χ2v) is 9.79. The van der Waals surface area contributed by atoms with Crippen LogP contribution in [-0.2, 0) is 21.5 Å². The fourth-order valence-electron chi connectivity index (χ4n) is 6.03. The molecule has 0 radical (unpaired) electrons. The van der Waals surface area contributed by atoms with Crippen LogP contribution in [0.3, 0.4) is 0 Å². The van der Waals surface area contributed by atoms with Gasteiger partial charge in [0, 0.05) is 12.1 Å². The van der Waals surface area contributed by atoms with Gasteiger partial charge in [0.15, 0.2) is 0 Å². The smallest absolute Gasteiger partial charge is 0.307 e. The van der Waals surface area contributed by atoms with Crippen molar-refractivity contribution in [3.63, 3.8) is 0 Å². The number of carbonyl (C=O) groups is 2. The van der Waals surface area contributed by atoms with E-state index in [1.54, 1.807) is 0 Å². The fourth-order valence-corrected chi connectivity index (χ4v) is 6.03. The molecule has 4 rings (SSSR count). The van der Waals surface area contributed by atoms with E-state index >= 15 is 0 Å². The van der Waals surface area contributed by atoms with E-state index in [2.05, 4.69) is 52.0 Å². The van der Waals surface area contributed by atoms with Gasteiger partial charge in [0.25, 0.3) is 0 Å². The molecule has 4 nitrogen and oxygen atoms in total. The van der Waals surface area contributed by atoms with Gasteiger partial charge in [-0.05, 0) is 55.1 Å². The van der Waals surface area contributed by atoms with Gasteiger partial charge in [-0.3, -0.25) is 9.59 Å². The first-order valence-electron chi connectivity index (χ1n) is 9.93. The number of hydrogen-bond donors (Lipinski definition) is 1. The van der Waals surface area contributed by atoms with E-state index in [1.807, 2.05) is 17.0 Å². The van der Waals surface area contributed by atoms with Crippen molar-refractivity contribution in [2.45, 2.75) is 58.0 Å². The van der Waals surface area contributed by atoms with Crippen molar-refractivity contribution in [2.75, 3.05) is 0 Å². The summed E-state index contributed by atoms with van der Waals surface area (Å²) >= 11 is 0. The lowest BCUT2D eigenvalue weighted by molar-refractivity contribution is -0.154. The number of carboxylic acids is 1. The molecular formula is C23H29NO3. The van der Waals surface area contributed by atoms with Gasteiger partial charge < -0.3 is 10.0 Å². The van der Waals surface area contributed by atoms with Gasteiger partial charge in [0.2, 0.25) is 5.91 Å². The number of rotatable bonds is 2. The molecule has 1 heterocycles. The number of fused-ring (bicyclic) bond motifs is 3. The maximum atomic E-state index is 13.7. The van der Waals surface area contributed by atoms with E-state index in [4.69, 9.17) is 0 Å². The van der Waals surface area contributed by atoms with Crippen LogP contribution >= 0.6 is 0 Å². The first kappa shape index (κ1) is 18.3. The van der Waals surface area contributed by atoms with Crippen LogP contribution in [0.15, 0.2) is 36.4 Å². The number of carboxylic acid groups (broad SMARTS) is 1. The molecule has 27 heavy (non-hydrogen) atoms. The van der Waals surface area contributed by atoms with Crippen molar-refractivity contribution in [3.05, 3.63) is 47.5 Å². The van der Waals surface area contributed by atoms with E-state index in [1.165, 1.54) is 11.1 Å². The molecule has 1 aliphatic heterocycles. The first-order valence-corrected chi connectivity index (χ1v) is 9.93. The Morgan fingerprint density at radius 2 is 1.67 bits per heavy atom. The molecule has 1 amide bonds. The van der Waals surface area contributed by atoms with E-state index in [0.717, 1.165) is 12.8 Å². The zero-order valence-electron chi connectivity index (χ0n) is 16.6. The minimum absolute atomic E-state index is 0.000248. The average molecular weight is 367 g/mol. The molecule has 2 bridgehead atoms. The number of carbonyl (C=O) groups excluding carboxylic acids is 1. The standard InChI is InChI=1S/C23H29NO3/c1-22(2)13-23(3,4)24(12-16-7-5-6-8-17(16)22)20(25)18-14-9-10-15(11-14)19(18)21(26)27/h5-10,14-15,18-19H,11-13H2,1-4H3,(H,26,27)/t14-,15-,18-,19+/m0/s1. The molecule has 3 aliphatic rings. The zero-order valence-corrected chi connectivity index (χ0v) is 16.6. The van der Waals surface area contributed by atoms with Crippen LogP contribution in [0.2, 0.25) is 0 Å². The highest BCUT2D eigenvalue weighted by molar-refractivity contribution is 5.87. The van der Waals surface area contributed by atoms with Gasteiger partial charge in [0.1, 0.15) is 0 Å². The number of nitrogens with zero attached hydrogens (tertiary/aromatic N) is 1. The second-order valence-electron chi connectivity index (χ2n) is 9.79. The number of aliphatic carboxylic acids is 1. The maximum absolute atomic E-state index is 13.7. The van der Waals surface area contributed by atoms with Crippen molar-refractivity contribution < 1.29 is 14.7 Å². The molecule has 0 aromatic heterocycles. The summed E-state index contributed by atoms with van der Waals surface area (Å²) in [5.41, 5.74) is 2.08. The fraction of sp³-hybridized carbons (Fsp3) is 0.565. The molecular weight excluding hydrogens is 338 g/mol. The minimum atomic E-state index is -0.835. The summed E-state index contributed by atoms with van der Waals surface area (Å²) in [5.74, 6) is -1.79. The lowest BCUT2D eigenvalue weighted by Crippen LogP contribution is -2.52. The average Bonchev–Trinajstić information content (AvgIpc) is 3.17. The Morgan fingerprint density at radius 1 is 1.04 bits per heavy atom. The summed E-state index contributed by atoms with van der Waals surface area (Å²) in [6, 6.07) is 8.36. The molecule has 0 saturated heterocycles. The van der Waals surface area contributed by atoms with Crippen molar-refractivity contribution in [3.8, 4) is 0 Å².